The third kappa shape index (κ3) is 3.79. The fraction of sp³-hybridized carbons (Fsp3) is 0.400. The molecule has 1 aromatic carbocycles. The molecule has 0 bridgehead atoms. The van der Waals surface area contributed by atoms with Crippen molar-refractivity contribution < 1.29 is 13.5 Å². The lowest BCUT2D eigenvalue weighted by Gasteiger charge is -2.12. The summed E-state index contributed by atoms with van der Waals surface area (Å²) in [6.45, 7) is 2.02. The molecule has 4 nitrogen and oxygen atoms in total. The monoisotopic (exact) mass is 261 g/mol. The molecule has 90 valence electrons. The number of aliphatic hydroxyl groups is 1. The molecule has 3 N–H and O–H groups in total. The fourth-order valence-corrected chi connectivity index (χ4v) is 3.35. The Hall–Kier alpha value is -0.560. The molecular formula is C10H15NO3S2. The van der Waals surface area contributed by atoms with E-state index in [1.54, 1.807) is 18.2 Å². The van der Waals surface area contributed by atoms with Crippen LogP contribution >= 0.6 is 11.8 Å². The summed E-state index contributed by atoms with van der Waals surface area (Å²) in [5, 5.41) is 14.1. The Labute approximate surface area is 99.9 Å². The van der Waals surface area contributed by atoms with Crippen LogP contribution in [0.4, 0.5) is 0 Å². The van der Waals surface area contributed by atoms with Gasteiger partial charge in [0.05, 0.1) is 4.90 Å². The minimum atomic E-state index is -3.68. The Morgan fingerprint density at radius 2 is 2.06 bits per heavy atom. The number of sulfonamides is 1. The number of primary sulfonamides is 1. The highest BCUT2D eigenvalue weighted by Crippen LogP contribution is 2.30. The summed E-state index contributed by atoms with van der Waals surface area (Å²) >= 11 is 1.40. The molecule has 1 unspecified atom stereocenters. The van der Waals surface area contributed by atoms with E-state index >= 15 is 0 Å². The van der Waals surface area contributed by atoms with Gasteiger partial charge in [0.1, 0.15) is 0 Å². The van der Waals surface area contributed by atoms with Crippen molar-refractivity contribution in [3.05, 3.63) is 24.3 Å². The number of benzene rings is 1. The number of hydrogen-bond acceptors (Lipinski definition) is 4. The zero-order valence-corrected chi connectivity index (χ0v) is 10.6. The molecule has 0 heterocycles. The van der Waals surface area contributed by atoms with E-state index in [2.05, 4.69) is 0 Å². The van der Waals surface area contributed by atoms with E-state index in [0.717, 1.165) is 0 Å². The average Bonchev–Trinajstić information content (AvgIpc) is 2.17. The van der Waals surface area contributed by atoms with Crippen LogP contribution in [0.25, 0.3) is 0 Å². The summed E-state index contributed by atoms with van der Waals surface area (Å²) in [6.07, 6.45) is 0.615. The quantitative estimate of drug-likeness (QED) is 0.780. The Morgan fingerprint density at radius 3 is 2.62 bits per heavy atom. The third-order valence-corrected chi connectivity index (χ3v) is 4.37. The Balaban J connectivity index is 2.96. The normalized spacial score (nSPS) is 13.7. The summed E-state index contributed by atoms with van der Waals surface area (Å²) < 4.78 is 22.6. The van der Waals surface area contributed by atoms with Crippen molar-refractivity contribution in [2.45, 2.75) is 28.4 Å². The topological polar surface area (TPSA) is 80.4 Å². The van der Waals surface area contributed by atoms with E-state index in [-0.39, 0.29) is 16.8 Å². The van der Waals surface area contributed by atoms with Crippen LogP contribution in [0, 0.1) is 0 Å². The molecular weight excluding hydrogens is 246 g/mol. The largest absolute Gasteiger partial charge is 0.396 e. The molecule has 1 rings (SSSR count). The van der Waals surface area contributed by atoms with E-state index in [4.69, 9.17) is 10.2 Å². The fourth-order valence-electron chi connectivity index (χ4n) is 1.24. The average molecular weight is 261 g/mol. The summed E-state index contributed by atoms with van der Waals surface area (Å²) in [5.74, 6) is 0. The summed E-state index contributed by atoms with van der Waals surface area (Å²) in [6, 6.07) is 6.62. The summed E-state index contributed by atoms with van der Waals surface area (Å²) in [5.41, 5.74) is 0. The van der Waals surface area contributed by atoms with Gasteiger partial charge in [-0.15, -0.1) is 11.8 Å². The smallest absolute Gasteiger partial charge is 0.239 e. The lowest BCUT2D eigenvalue weighted by molar-refractivity contribution is 0.289. The molecule has 6 heteroatoms. The van der Waals surface area contributed by atoms with Crippen LogP contribution in [0.1, 0.15) is 13.3 Å². The van der Waals surface area contributed by atoms with E-state index in [9.17, 15) is 8.42 Å². The van der Waals surface area contributed by atoms with E-state index in [0.29, 0.717) is 11.3 Å². The number of nitrogens with two attached hydrogens (primary N) is 1. The van der Waals surface area contributed by atoms with Gasteiger partial charge < -0.3 is 5.11 Å². The van der Waals surface area contributed by atoms with E-state index < -0.39 is 10.0 Å². The van der Waals surface area contributed by atoms with Gasteiger partial charge in [-0.1, -0.05) is 19.1 Å². The van der Waals surface area contributed by atoms with Gasteiger partial charge in [-0.25, -0.2) is 13.6 Å². The molecule has 1 aromatic rings. The molecule has 0 saturated carbocycles. The second-order valence-electron chi connectivity index (χ2n) is 3.43. The number of thioether (sulfide) groups is 1. The molecule has 0 amide bonds. The highest BCUT2D eigenvalue weighted by atomic mass is 32.2. The first kappa shape index (κ1) is 13.5. The first-order valence-electron chi connectivity index (χ1n) is 4.84. The van der Waals surface area contributed by atoms with Gasteiger partial charge in [0.15, 0.2) is 0 Å². The van der Waals surface area contributed by atoms with Crippen LogP contribution in [0.15, 0.2) is 34.1 Å². The minimum absolute atomic E-state index is 0.0890. The third-order valence-electron chi connectivity index (χ3n) is 2.02. The maximum Gasteiger partial charge on any atom is 0.239 e. The zero-order valence-electron chi connectivity index (χ0n) is 8.96. The van der Waals surface area contributed by atoms with Crippen LogP contribution < -0.4 is 5.14 Å². The molecule has 16 heavy (non-hydrogen) atoms. The zero-order chi connectivity index (χ0) is 12.2. The second-order valence-corrected chi connectivity index (χ2v) is 6.44. The van der Waals surface area contributed by atoms with Gasteiger partial charge in [-0.05, 0) is 18.6 Å². The van der Waals surface area contributed by atoms with Gasteiger partial charge in [0.2, 0.25) is 10.0 Å². The summed E-state index contributed by atoms with van der Waals surface area (Å²) in [7, 11) is -3.68. The predicted molar refractivity (Wildman–Crippen MR) is 64.8 cm³/mol. The number of rotatable bonds is 5. The van der Waals surface area contributed by atoms with E-state index in [1.807, 2.05) is 6.92 Å². The van der Waals surface area contributed by atoms with Crippen LogP contribution in [0.2, 0.25) is 0 Å². The molecule has 0 aliphatic heterocycles. The van der Waals surface area contributed by atoms with Crippen molar-refractivity contribution in [3.8, 4) is 0 Å². The second kappa shape index (κ2) is 5.67. The molecule has 0 radical (unpaired) electrons. The van der Waals surface area contributed by atoms with Crippen LogP contribution in [-0.4, -0.2) is 25.4 Å². The lowest BCUT2D eigenvalue weighted by atomic mass is 10.3. The van der Waals surface area contributed by atoms with E-state index in [1.165, 1.54) is 17.8 Å². The Bertz CT molecular complexity index is 445. The van der Waals surface area contributed by atoms with Crippen LogP contribution in [0.5, 0.6) is 0 Å². The number of aliphatic hydroxyl groups excluding tert-OH is 1. The van der Waals surface area contributed by atoms with Crippen molar-refractivity contribution >= 4 is 21.8 Å². The minimum Gasteiger partial charge on any atom is -0.396 e. The molecule has 0 aliphatic carbocycles. The molecule has 0 saturated heterocycles. The van der Waals surface area contributed by atoms with Gasteiger partial charge >= 0.3 is 0 Å². The van der Waals surface area contributed by atoms with Gasteiger partial charge in [-0.2, -0.15) is 0 Å². The van der Waals surface area contributed by atoms with Crippen molar-refractivity contribution in [1.29, 1.82) is 0 Å². The Morgan fingerprint density at radius 1 is 1.44 bits per heavy atom. The lowest BCUT2D eigenvalue weighted by Crippen LogP contribution is -2.13. The summed E-state index contributed by atoms with van der Waals surface area (Å²) in [4.78, 5) is 0.774. The van der Waals surface area contributed by atoms with Crippen molar-refractivity contribution in [2.75, 3.05) is 6.61 Å². The van der Waals surface area contributed by atoms with Crippen molar-refractivity contribution in [2.24, 2.45) is 5.14 Å². The Kier molecular flexibility index (Phi) is 4.79. The molecule has 0 fully saturated rings. The van der Waals surface area contributed by atoms with Gasteiger partial charge in [0.25, 0.3) is 0 Å². The SMILES string of the molecule is CC(CCO)Sc1ccccc1S(N)(=O)=O. The highest BCUT2D eigenvalue weighted by Gasteiger charge is 2.15. The van der Waals surface area contributed by atoms with Crippen LogP contribution in [-0.2, 0) is 10.0 Å². The molecule has 0 spiro atoms. The maximum atomic E-state index is 11.3. The van der Waals surface area contributed by atoms with Crippen molar-refractivity contribution in [1.82, 2.24) is 0 Å². The first-order chi connectivity index (χ1) is 7.45. The standard InChI is InChI=1S/C10H15NO3S2/c1-8(6-7-12)15-9-4-2-3-5-10(9)16(11,13)14/h2-5,8,12H,6-7H2,1H3,(H2,11,13,14). The molecule has 1 atom stereocenters. The predicted octanol–water partition coefficient (Wildman–Crippen LogP) is 1.20. The van der Waals surface area contributed by atoms with Crippen LogP contribution in [0.3, 0.4) is 0 Å². The van der Waals surface area contributed by atoms with Gasteiger partial charge in [-0.3, -0.25) is 0 Å². The maximum absolute atomic E-state index is 11.3. The van der Waals surface area contributed by atoms with Gasteiger partial charge in [0, 0.05) is 16.8 Å². The first-order valence-corrected chi connectivity index (χ1v) is 7.27. The highest BCUT2D eigenvalue weighted by molar-refractivity contribution is 8.00. The number of hydrogen-bond donors (Lipinski definition) is 2. The van der Waals surface area contributed by atoms with Crippen molar-refractivity contribution in [3.63, 3.8) is 0 Å². The molecule has 0 aromatic heterocycles. The molecule has 0 aliphatic rings.